The molecule has 3 rings (SSSR count). The third-order valence-electron chi connectivity index (χ3n) is 5.32. The van der Waals surface area contributed by atoms with Crippen molar-refractivity contribution in [2.45, 2.75) is 45.5 Å². The van der Waals surface area contributed by atoms with Gasteiger partial charge in [0.2, 0.25) is 0 Å². The van der Waals surface area contributed by atoms with Crippen LogP contribution in [0.4, 0.5) is 4.79 Å². The van der Waals surface area contributed by atoms with Gasteiger partial charge in [-0.2, -0.15) is 0 Å². The summed E-state index contributed by atoms with van der Waals surface area (Å²) in [5, 5.41) is 3.24. The molecule has 132 valence electrons. The SMILES string of the molecule is CC(C)C(C)N1CC(OC(=O)N(Cc2ccccc2)C2CNC2)C1. The fourth-order valence-corrected chi connectivity index (χ4v) is 3.13. The van der Waals surface area contributed by atoms with Gasteiger partial charge in [-0.15, -0.1) is 0 Å². The van der Waals surface area contributed by atoms with Gasteiger partial charge >= 0.3 is 6.09 Å². The highest BCUT2D eigenvalue weighted by Crippen LogP contribution is 2.22. The molecular formula is C19H29N3O2. The molecule has 1 amide bonds. The van der Waals surface area contributed by atoms with Crippen LogP contribution in [-0.4, -0.2) is 60.3 Å². The van der Waals surface area contributed by atoms with Crippen LogP contribution in [0, 0.1) is 5.92 Å². The fraction of sp³-hybridized carbons (Fsp3) is 0.632. The molecule has 1 N–H and O–H groups in total. The lowest BCUT2D eigenvalue weighted by atomic mass is 10.00. The van der Waals surface area contributed by atoms with E-state index in [1.165, 1.54) is 0 Å². The molecular weight excluding hydrogens is 302 g/mol. The average molecular weight is 331 g/mol. The van der Waals surface area contributed by atoms with E-state index >= 15 is 0 Å². The highest BCUT2D eigenvalue weighted by molar-refractivity contribution is 5.68. The van der Waals surface area contributed by atoms with Crippen molar-refractivity contribution in [2.75, 3.05) is 26.2 Å². The highest BCUT2D eigenvalue weighted by atomic mass is 16.6. The van der Waals surface area contributed by atoms with E-state index in [-0.39, 0.29) is 18.2 Å². The Labute approximate surface area is 145 Å². The van der Waals surface area contributed by atoms with Crippen molar-refractivity contribution in [3.05, 3.63) is 35.9 Å². The van der Waals surface area contributed by atoms with E-state index in [0.717, 1.165) is 31.7 Å². The zero-order chi connectivity index (χ0) is 17.1. The monoisotopic (exact) mass is 331 g/mol. The van der Waals surface area contributed by atoms with Crippen molar-refractivity contribution in [2.24, 2.45) is 5.92 Å². The number of benzene rings is 1. The summed E-state index contributed by atoms with van der Waals surface area (Å²) in [7, 11) is 0. The largest absolute Gasteiger partial charge is 0.443 e. The van der Waals surface area contributed by atoms with Crippen LogP contribution in [0.2, 0.25) is 0 Å². The lowest BCUT2D eigenvalue weighted by Gasteiger charge is -2.45. The maximum absolute atomic E-state index is 12.7. The molecule has 1 unspecified atom stereocenters. The van der Waals surface area contributed by atoms with Crippen molar-refractivity contribution in [3.8, 4) is 0 Å². The van der Waals surface area contributed by atoms with Gasteiger partial charge in [0.15, 0.2) is 0 Å². The molecule has 2 heterocycles. The summed E-state index contributed by atoms with van der Waals surface area (Å²) in [6.07, 6.45) is -0.141. The summed E-state index contributed by atoms with van der Waals surface area (Å²) < 4.78 is 5.76. The van der Waals surface area contributed by atoms with Crippen LogP contribution >= 0.6 is 0 Å². The molecule has 0 spiro atoms. The first kappa shape index (κ1) is 17.2. The standard InChI is InChI=1S/C19H29N3O2/c1-14(2)15(3)21-12-18(13-21)24-19(23)22(17-9-20-10-17)11-16-7-5-4-6-8-16/h4-8,14-15,17-18,20H,9-13H2,1-3H3. The molecule has 0 radical (unpaired) electrons. The normalized spacial score (nSPS) is 20.3. The van der Waals surface area contributed by atoms with Gasteiger partial charge in [-0.05, 0) is 18.4 Å². The predicted molar refractivity (Wildman–Crippen MR) is 94.8 cm³/mol. The number of hydrogen-bond acceptors (Lipinski definition) is 4. The predicted octanol–water partition coefficient (Wildman–Crippen LogP) is 2.33. The number of nitrogens with zero attached hydrogens (tertiary/aromatic N) is 2. The molecule has 1 aromatic rings. The fourth-order valence-electron chi connectivity index (χ4n) is 3.13. The zero-order valence-corrected chi connectivity index (χ0v) is 14.9. The van der Waals surface area contributed by atoms with Gasteiger partial charge in [-0.1, -0.05) is 44.2 Å². The lowest BCUT2D eigenvalue weighted by molar-refractivity contribution is -0.0555. The van der Waals surface area contributed by atoms with E-state index in [2.05, 4.69) is 43.1 Å². The molecule has 2 aliphatic heterocycles. The summed E-state index contributed by atoms with van der Waals surface area (Å²) >= 11 is 0. The Morgan fingerprint density at radius 3 is 2.46 bits per heavy atom. The molecule has 0 aliphatic carbocycles. The summed E-state index contributed by atoms with van der Waals surface area (Å²) in [4.78, 5) is 16.9. The Balaban J connectivity index is 1.53. The number of rotatable bonds is 6. The number of carbonyl (C=O) groups excluding carboxylic acids is 1. The van der Waals surface area contributed by atoms with Gasteiger partial charge in [0.05, 0.1) is 6.04 Å². The molecule has 0 bridgehead atoms. The number of ether oxygens (including phenoxy) is 1. The van der Waals surface area contributed by atoms with Crippen LogP contribution in [0.1, 0.15) is 26.3 Å². The van der Waals surface area contributed by atoms with E-state index in [9.17, 15) is 4.79 Å². The minimum Gasteiger partial charge on any atom is -0.443 e. The first-order valence-corrected chi connectivity index (χ1v) is 9.00. The van der Waals surface area contributed by atoms with Gasteiger partial charge in [0.25, 0.3) is 0 Å². The van der Waals surface area contributed by atoms with Gasteiger partial charge in [0, 0.05) is 38.8 Å². The summed E-state index contributed by atoms with van der Waals surface area (Å²) in [6.45, 7) is 10.7. The van der Waals surface area contributed by atoms with Crippen LogP contribution in [0.15, 0.2) is 30.3 Å². The van der Waals surface area contributed by atoms with Crippen molar-refractivity contribution >= 4 is 6.09 Å². The zero-order valence-electron chi connectivity index (χ0n) is 14.9. The molecule has 2 aliphatic rings. The van der Waals surface area contributed by atoms with Gasteiger partial charge in [0.1, 0.15) is 6.10 Å². The van der Waals surface area contributed by atoms with E-state index in [1.807, 2.05) is 23.1 Å². The lowest BCUT2D eigenvalue weighted by Crippen LogP contribution is -2.61. The number of hydrogen-bond donors (Lipinski definition) is 1. The van der Waals surface area contributed by atoms with E-state index < -0.39 is 0 Å². The van der Waals surface area contributed by atoms with Crippen molar-refractivity contribution in [3.63, 3.8) is 0 Å². The van der Waals surface area contributed by atoms with Crippen LogP contribution in [0.25, 0.3) is 0 Å². The molecule has 2 saturated heterocycles. The maximum Gasteiger partial charge on any atom is 0.410 e. The first-order valence-electron chi connectivity index (χ1n) is 9.00. The second kappa shape index (κ2) is 7.53. The minimum atomic E-state index is -0.174. The molecule has 24 heavy (non-hydrogen) atoms. The van der Waals surface area contributed by atoms with Crippen LogP contribution in [0.3, 0.4) is 0 Å². The maximum atomic E-state index is 12.7. The molecule has 2 fully saturated rings. The van der Waals surface area contributed by atoms with E-state index in [4.69, 9.17) is 4.74 Å². The molecule has 0 saturated carbocycles. The van der Waals surface area contributed by atoms with Crippen LogP contribution < -0.4 is 5.32 Å². The average Bonchev–Trinajstić information content (AvgIpc) is 2.48. The van der Waals surface area contributed by atoms with E-state index in [1.54, 1.807) is 0 Å². The molecule has 1 aromatic carbocycles. The Morgan fingerprint density at radius 2 is 1.92 bits per heavy atom. The third-order valence-corrected chi connectivity index (χ3v) is 5.32. The van der Waals surface area contributed by atoms with Crippen molar-refractivity contribution in [1.29, 1.82) is 0 Å². The second-order valence-corrected chi connectivity index (χ2v) is 7.37. The van der Waals surface area contributed by atoms with Gasteiger partial charge in [-0.3, -0.25) is 9.80 Å². The van der Waals surface area contributed by atoms with Crippen LogP contribution in [0.5, 0.6) is 0 Å². The van der Waals surface area contributed by atoms with Crippen molar-refractivity contribution < 1.29 is 9.53 Å². The third kappa shape index (κ3) is 3.90. The number of nitrogens with one attached hydrogen (secondary N) is 1. The number of carbonyl (C=O) groups is 1. The van der Waals surface area contributed by atoms with Crippen molar-refractivity contribution in [1.82, 2.24) is 15.1 Å². The van der Waals surface area contributed by atoms with E-state index in [0.29, 0.717) is 18.5 Å². The van der Waals surface area contributed by atoms with Crippen LogP contribution in [-0.2, 0) is 11.3 Å². The topological polar surface area (TPSA) is 44.8 Å². The Bertz CT molecular complexity index is 539. The molecule has 0 aromatic heterocycles. The molecule has 5 nitrogen and oxygen atoms in total. The summed E-state index contributed by atoms with van der Waals surface area (Å²) in [5.74, 6) is 0.622. The van der Waals surface area contributed by atoms with Gasteiger partial charge in [-0.25, -0.2) is 4.79 Å². The summed E-state index contributed by atoms with van der Waals surface area (Å²) in [5.41, 5.74) is 1.14. The Morgan fingerprint density at radius 1 is 1.25 bits per heavy atom. The number of amides is 1. The number of likely N-dealkylation sites (tertiary alicyclic amines) is 1. The molecule has 5 heteroatoms. The second-order valence-electron chi connectivity index (χ2n) is 7.37. The highest BCUT2D eigenvalue weighted by Gasteiger charge is 2.37. The Kier molecular flexibility index (Phi) is 5.41. The minimum absolute atomic E-state index is 0.0324. The smallest absolute Gasteiger partial charge is 0.410 e. The molecule has 1 atom stereocenters. The van der Waals surface area contributed by atoms with Gasteiger partial charge < -0.3 is 10.1 Å². The first-order chi connectivity index (χ1) is 11.5. The Hall–Kier alpha value is -1.59. The quantitative estimate of drug-likeness (QED) is 0.869. The summed E-state index contributed by atoms with van der Waals surface area (Å²) in [6, 6.07) is 10.9.